The Balaban J connectivity index is 2.13. The van der Waals surface area contributed by atoms with Gasteiger partial charge in [-0.05, 0) is 32.0 Å². The van der Waals surface area contributed by atoms with Crippen LogP contribution in [0.15, 0.2) is 48.8 Å². The fraction of sp³-hybridized carbons (Fsp3) is 0.235. The van der Waals surface area contributed by atoms with E-state index >= 15 is 0 Å². The van der Waals surface area contributed by atoms with Crippen molar-refractivity contribution < 1.29 is 0 Å². The summed E-state index contributed by atoms with van der Waals surface area (Å²) < 4.78 is 0. The van der Waals surface area contributed by atoms with Gasteiger partial charge in [-0.2, -0.15) is 5.26 Å². The van der Waals surface area contributed by atoms with Gasteiger partial charge >= 0.3 is 0 Å². The third kappa shape index (κ3) is 4.32. The minimum atomic E-state index is 0.285. The molecule has 0 amide bonds. The summed E-state index contributed by atoms with van der Waals surface area (Å²) in [6.45, 7) is 7.89. The monoisotopic (exact) mass is 293 g/mol. The average molecular weight is 293 g/mol. The molecule has 0 unspecified atom stereocenters. The Morgan fingerprint density at radius 1 is 1.27 bits per heavy atom. The van der Waals surface area contributed by atoms with Crippen LogP contribution in [0.1, 0.15) is 20.3 Å². The molecule has 0 fully saturated rings. The zero-order valence-corrected chi connectivity index (χ0v) is 12.8. The van der Waals surface area contributed by atoms with Gasteiger partial charge in [-0.1, -0.05) is 18.7 Å². The van der Waals surface area contributed by atoms with Crippen LogP contribution >= 0.6 is 0 Å². The number of benzene rings is 1. The molecule has 2 aromatic rings. The first-order chi connectivity index (χ1) is 10.6. The summed E-state index contributed by atoms with van der Waals surface area (Å²) >= 11 is 0. The molecular formula is C17H19N5. The SMILES string of the molecule is C=C(CC#N)Nc1ccc(-c2ccnc(NC(C)C)n2)cc1. The number of hydrogen-bond acceptors (Lipinski definition) is 5. The average Bonchev–Trinajstić information content (AvgIpc) is 2.48. The van der Waals surface area contributed by atoms with Gasteiger partial charge in [0.2, 0.25) is 5.95 Å². The zero-order valence-electron chi connectivity index (χ0n) is 12.8. The van der Waals surface area contributed by atoms with Crippen molar-refractivity contribution in [1.82, 2.24) is 9.97 Å². The summed E-state index contributed by atoms with van der Waals surface area (Å²) in [5, 5.41) is 14.9. The van der Waals surface area contributed by atoms with E-state index < -0.39 is 0 Å². The second-order valence-corrected chi connectivity index (χ2v) is 5.21. The van der Waals surface area contributed by atoms with Gasteiger partial charge in [-0.3, -0.25) is 0 Å². The molecule has 0 radical (unpaired) electrons. The van der Waals surface area contributed by atoms with E-state index in [0.29, 0.717) is 11.6 Å². The van der Waals surface area contributed by atoms with Gasteiger partial charge in [-0.15, -0.1) is 0 Å². The smallest absolute Gasteiger partial charge is 0.223 e. The van der Waals surface area contributed by atoms with E-state index in [0.717, 1.165) is 16.9 Å². The summed E-state index contributed by atoms with van der Waals surface area (Å²) in [6.07, 6.45) is 2.03. The topological polar surface area (TPSA) is 73.6 Å². The lowest BCUT2D eigenvalue weighted by molar-refractivity contribution is 0.875. The van der Waals surface area contributed by atoms with Crippen LogP contribution in [0.2, 0.25) is 0 Å². The summed E-state index contributed by atoms with van der Waals surface area (Å²) in [4.78, 5) is 8.71. The molecule has 5 nitrogen and oxygen atoms in total. The highest BCUT2D eigenvalue weighted by molar-refractivity contribution is 5.64. The van der Waals surface area contributed by atoms with Gasteiger partial charge in [0.15, 0.2) is 0 Å². The summed E-state index contributed by atoms with van der Waals surface area (Å²) in [5.41, 5.74) is 3.45. The highest BCUT2D eigenvalue weighted by atomic mass is 15.1. The first-order valence-electron chi connectivity index (χ1n) is 7.10. The molecule has 112 valence electrons. The van der Waals surface area contributed by atoms with E-state index in [1.54, 1.807) is 6.20 Å². The van der Waals surface area contributed by atoms with Crippen LogP contribution < -0.4 is 10.6 Å². The minimum Gasteiger partial charge on any atom is -0.359 e. The normalized spacial score (nSPS) is 10.1. The van der Waals surface area contributed by atoms with Gasteiger partial charge in [0.05, 0.1) is 18.2 Å². The van der Waals surface area contributed by atoms with Crippen LogP contribution in [0.25, 0.3) is 11.3 Å². The largest absolute Gasteiger partial charge is 0.359 e. The molecule has 0 saturated heterocycles. The van der Waals surface area contributed by atoms with Gasteiger partial charge in [0.25, 0.3) is 0 Å². The van der Waals surface area contributed by atoms with E-state index in [-0.39, 0.29) is 12.5 Å². The molecular weight excluding hydrogens is 274 g/mol. The molecule has 0 spiro atoms. The van der Waals surface area contributed by atoms with Crippen molar-refractivity contribution in [3.8, 4) is 17.3 Å². The number of rotatable bonds is 6. The van der Waals surface area contributed by atoms with Crippen LogP contribution in [0.3, 0.4) is 0 Å². The van der Waals surface area contributed by atoms with Crippen molar-refractivity contribution in [2.75, 3.05) is 10.6 Å². The molecule has 2 N–H and O–H groups in total. The van der Waals surface area contributed by atoms with Crippen molar-refractivity contribution in [3.63, 3.8) is 0 Å². The first kappa shape index (κ1) is 15.5. The molecule has 0 aliphatic heterocycles. The molecule has 1 aromatic heterocycles. The van der Waals surface area contributed by atoms with Gasteiger partial charge in [0.1, 0.15) is 0 Å². The molecule has 22 heavy (non-hydrogen) atoms. The standard InChI is InChI=1S/C17H19N5/c1-12(2)20-17-19-11-9-16(22-17)14-4-6-15(7-5-14)21-13(3)8-10-18/h4-7,9,11-12,21H,3,8H2,1-2H3,(H,19,20,22). The summed E-state index contributed by atoms with van der Waals surface area (Å²) in [6, 6.07) is 12.1. The third-order valence-electron chi connectivity index (χ3n) is 2.87. The van der Waals surface area contributed by atoms with Crippen molar-refractivity contribution >= 4 is 11.6 Å². The second-order valence-electron chi connectivity index (χ2n) is 5.21. The van der Waals surface area contributed by atoms with Crippen LogP contribution in [0.5, 0.6) is 0 Å². The first-order valence-corrected chi connectivity index (χ1v) is 7.10. The van der Waals surface area contributed by atoms with Crippen LogP contribution in [0.4, 0.5) is 11.6 Å². The van der Waals surface area contributed by atoms with E-state index in [2.05, 4.69) is 33.2 Å². The maximum atomic E-state index is 8.62. The minimum absolute atomic E-state index is 0.285. The van der Waals surface area contributed by atoms with Crippen LogP contribution in [-0.2, 0) is 0 Å². The molecule has 0 bridgehead atoms. The van der Waals surface area contributed by atoms with Gasteiger partial charge in [0, 0.05) is 29.2 Å². The lowest BCUT2D eigenvalue weighted by atomic mass is 10.1. The number of aromatic nitrogens is 2. The molecule has 1 aromatic carbocycles. The number of anilines is 2. The van der Waals surface area contributed by atoms with E-state index in [1.807, 2.05) is 44.2 Å². The fourth-order valence-corrected chi connectivity index (χ4v) is 1.92. The van der Waals surface area contributed by atoms with Gasteiger partial charge in [-0.25, -0.2) is 9.97 Å². The Morgan fingerprint density at radius 3 is 2.64 bits per heavy atom. The molecule has 0 saturated carbocycles. The van der Waals surface area contributed by atoms with Crippen LogP contribution in [0, 0.1) is 11.3 Å². The van der Waals surface area contributed by atoms with Crippen molar-refractivity contribution in [2.45, 2.75) is 26.3 Å². The maximum Gasteiger partial charge on any atom is 0.223 e. The Hall–Kier alpha value is -2.87. The number of allylic oxidation sites excluding steroid dienone is 1. The van der Waals surface area contributed by atoms with E-state index in [1.165, 1.54) is 0 Å². The predicted molar refractivity (Wildman–Crippen MR) is 89.2 cm³/mol. The lowest BCUT2D eigenvalue weighted by Gasteiger charge is -2.10. The van der Waals surface area contributed by atoms with Crippen molar-refractivity contribution in [1.29, 1.82) is 5.26 Å². The molecule has 2 rings (SSSR count). The highest BCUT2D eigenvalue weighted by Gasteiger charge is 2.04. The quantitative estimate of drug-likeness (QED) is 0.847. The Morgan fingerprint density at radius 2 is 2.00 bits per heavy atom. The fourth-order valence-electron chi connectivity index (χ4n) is 1.92. The Kier molecular flexibility index (Phi) is 5.10. The second kappa shape index (κ2) is 7.23. The lowest BCUT2D eigenvalue weighted by Crippen LogP contribution is -2.12. The molecule has 5 heteroatoms. The highest BCUT2D eigenvalue weighted by Crippen LogP contribution is 2.21. The Bertz CT molecular complexity index is 683. The van der Waals surface area contributed by atoms with E-state index in [9.17, 15) is 0 Å². The molecule has 1 heterocycles. The Labute approximate surface area is 130 Å². The van der Waals surface area contributed by atoms with Gasteiger partial charge < -0.3 is 10.6 Å². The van der Waals surface area contributed by atoms with Crippen LogP contribution in [-0.4, -0.2) is 16.0 Å². The van der Waals surface area contributed by atoms with Crippen molar-refractivity contribution in [3.05, 3.63) is 48.8 Å². The predicted octanol–water partition coefficient (Wildman–Crippen LogP) is 3.80. The van der Waals surface area contributed by atoms with E-state index in [4.69, 9.17) is 5.26 Å². The third-order valence-corrected chi connectivity index (χ3v) is 2.87. The summed E-state index contributed by atoms with van der Waals surface area (Å²) in [7, 11) is 0. The number of nitriles is 1. The number of hydrogen-bond donors (Lipinski definition) is 2. The molecule has 0 aliphatic rings. The maximum absolute atomic E-state index is 8.62. The zero-order chi connectivity index (χ0) is 15.9. The number of nitrogens with one attached hydrogen (secondary N) is 2. The summed E-state index contributed by atoms with van der Waals surface area (Å²) in [5.74, 6) is 0.622. The van der Waals surface area contributed by atoms with Crippen molar-refractivity contribution in [2.24, 2.45) is 0 Å². The molecule has 0 atom stereocenters. The molecule has 0 aliphatic carbocycles. The number of nitrogens with zero attached hydrogens (tertiary/aromatic N) is 3.